The number of benzene rings is 1. The van der Waals surface area contributed by atoms with Crippen LogP contribution in [0.2, 0.25) is 0 Å². The molecular formula is C16H21NO3S. The zero-order valence-corrected chi connectivity index (χ0v) is 13.2. The van der Waals surface area contributed by atoms with Gasteiger partial charge in [0.05, 0.1) is 11.5 Å². The number of nitrogens with one attached hydrogen (secondary N) is 1. The lowest BCUT2D eigenvalue weighted by Gasteiger charge is -2.33. The highest BCUT2D eigenvalue weighted by Gasteiger charge is 2.30. The Labute approximate surface area is 126 Å². The molecule has 0 aromatic heterocycles. The lowest BCUT2D eigenvalue weighted by Crippen LogP contribution is -2.43. The highest BCUT2D eigenvalue weighted by atomic mass is 32.2. The molecule has 114 valence electrons. The average molecular weight is 307 g/mol. The van der Waals surface area contributed by atoms with Crippen molar-refractivity contribution in [2.24, 2.45) is 5.92 Å². The Hall–Kier alpha value is -1.35. The zero-order valence-electron chi connectivity index (χ0n) is 12.4. The van der Waals surface area contributed by atoms with Crippen molar-refractivity contribution in [3.8, 4) is 11.8 Å². The summed E-state index contributed by atoms with van der Waals surface area (Å²) >= 11 is 0. The molecule has 2 rings (SSSR count). The maximum atomic E-state index is 12.4. The topological polar surface area (TPSA) is 66.4 Å². The van der Waals surface area contributed by atoms with Crippen LogP contribution in [0.3, 0.4) is 0 Å². The average Bonchev–Trinajstić information content (AvgIpc) is 2.39. The first-order valence-corrected chi connectivity index (χ1v) is 8.63. The van der Waals surface area contributed by atoms with E-state index in [0.717, 1.165) is 12.8 Å². The van der Waals surface area contributed by atoms with E-state index in [-0.39, 0.29) is 17.5 Å². The van der Waals surface area contributed by atoms with Gasteiger partial charge in [-0.05, 0) is 43.4 Å². The minimum atomic E-state index is -3.49. The molecule has 1 aromatic rings. The Bertz CT molecular complexity index is 664. The first-order chi connectivity index (χ1) is 9.92. The molecule has 0 radical (unpaired) electrons. The van der Waals surface area contributed by atoms with Gasteiger partial charge in [-0.1, -0.05) is 24.8 Å². The lowest BCUT2D eigenvalue weighted by molar-refractivity contribution is 0.270. The van der Waals surface area contributed by atoms with Crippen LogP contribution in [0.25, 0.3) is 0 Å². The SMILES string of the molecule is Cc1ccc(C#CCCO)cc1S(=O)(=O)NC1CC(C)C1. The molecule has 1 aliphatic rings. The Morgan fingerprint density at radius 3 is 2.71 bits per heavy atom. The van der Waals surface area contributed by atoms with Gasteiger partial charge in [-0.2, -0.15) is 0 Å². The van der Waals surface area contributed by atoms with Crippen molar-refractivity contribution in [2.45, 2.75) is 44.0 Å². The first-order valence-electron chi connectivity index (χ1n) is 7.15. The summed E-state index contributed by atoms with van der Waals surface area (Å²) in [5, 5.41) is 8.72. The number of rotatable bonds is 4. The van der Waals surface area contributed by atoms with E-state index in [4.69, 9.17) is 5.11 Å². The normalized spacial score (nSPS) is 21.3. The molecule has 0 aliphatic heterocycles. The standard InChI is InChI=1S/C16H21NO3S/c1-12-9-15(10-12)17-21(19,20)16-11-14(5-3-4-8-18)7-6-13(16)2/h6-7,11-12,15,17-18H,4,8-10H2,1-2H3. The smallest absolute Gasteiger partial charge is 0.241 e. The molecule has 1 fully saturated rings. The van der Waals surface area contributed by atoms with Gasteiger partial charge < -0.3 is 5.11 Å². The molecule has 1 saturated carbocycles. The highest BCUT2D eigenvalue weighted by molar-refractivity contribution is 7.89. The third-order valence-electron chi connectivity index (χ3n) is 3.64. The minimum Gasteiger partial charge on any atom is -0.395 e. The summed E-state index contributed by atoms with van der Waals surface area (Å²) in [6.07, 6.45) is 2.18. The summed E-state index contributed by atoms with van der Waals surface area (Å²) in [7, 11) is -3.49. The van der Waals surface area contributed by atoms with E-state index in [1.165, 1.54) is 0 Å². The molecule has 2 N–H and O–H groups in total. The van der Waals surface area contributed by atoms with Crippen LogP contribution >= 0.6 is 0 Å². The van der Waals surface area contributed by atoms with E-state index in [2.05, 4.69) is 23.5 Å². The van der Waals surface area contributed by atoms with Crippen molar-refractivity contribution in [3.63, 3.8) is 0 Å². The Balaban J connectivity index is 2.21. The van der Waals surface area contributed by atoms with Crippen molar-refractivity contribution in [1.29, 1.82) is 0 Å². The monoisotopic (exact) mass is 307 g/mol. The fourth-order valence-corrected chi connectivity index (χ4v) is 4.00. The summed E-state index contributed by atoms with van der Waals surface area (Å²) in [5.41, 5.74) is 1.36. The molecular weight excluding hydrogens is 286 g/mol. The second-order valence-electron chi connectivity index (χ2n) is 5.65. The maximum absolute atomic E-state index is 12.4. The fraction of sp³-hybridized carbons (Fsp3) is 0.500. The Morgan fingerprint density at radius 1 is 1.38 bits per heavy atom. The van der Waals surface area contributed by atoms with Gasteiger partial charge in [-0.25, -0.2) is 13.1 Å². The van der Waals surface area contributed by atoms with Crippen LogP contribution in [0.15, 0.2) is 23.1 Å². The first kappa shape index (κ1) is 16.0. The Morgan fingerprint density at radius 2 is 2.10 bits per heavy atom. The van der Waals surface area contributed by atoms with Crippen LogP contribution in [0, 0.1) is 24.7 Å². The molecule has 0 amide bonds. The summed E-state index contributed by atoms with van der Waals surface area (Å²) in [6, 6.07) is 5.21. The van der Waals surface area contributed by atoms with E-state index in [1.54, 1.807) is 25.1 Å². The van der Waals surface area contributed by atoms with Crippen molar-refractivity contribution in [3.05, 3.63) is 29.3 Å². The molecule has 0 spiro atoms. The van der Waals surface area contributed by atoms with Crippen LogP contribution in [0.5, 0.6) is 0 Å². The molecule has 5 heteroatoms. The largest absolute Gasteiger partial charge is 0.395 e. The predicted octanol–water partition coefficient (Wildman–Crippen LogP) is 1.81. The van der Waals surface area contributed by atoms with Gasteiger partial charge in [0.2, 0.25) is 10.0 Å². The second-order valence-corrected chi connectivity index (χ2v) is 7.33. The fourth-order valence-electron chi connectivity index (χ4n) is 2.47. The van der Waals surface area contributed by atoms with E-state index >= 15 is 0 Å². The van der Waals surface area contributed by atoms with Gasteiger partial charge in [0.15, 0.2) is 0 Å². The number of sulfonamides is 1. The van der Waals surface area contributed by atoms with Gasteiger partial charge in [-0.3, -0.25) is 0 Å². The highest BCUT2D eigenvalue weighted by Crippen LogP contribution is 2.28. The third kappa shape index (κ3) is 4.07. The summed E-state index contributed by atoms with van der Waals surface area (Å²) in [5.74, 6) is 6.27. The third-order valence-corrected chi connectivity index (χ3v) is 5.31. The van der Waals surface area contributed by atoms with Crippen LogP contribution in [0.4, 0.5) is 0 Å². The van der Waals surface area contributed by atoms with Crippen molar-refractivity contribution in [2.75, 3.05) is 6.61 Å². The van der Waals surface area contributed by atoms with Crippen LogP contribution in [0.1, 0.15) is 37.3 Å². The van der Waals surface area contributed by atoms with Crippen LogP contribution in [-0.4, -0.2) is 26.2 Å². The quantitative estimate of drug-likeness (QED) is 0.834. The van der Waals surface area contributed by atoms with Crippen LogP contribution in [-0.2, 0) is 10.0 Å². The summed E-state index contributed by atoms with van der Waals surface area (Å²) in [4.78, 5) is 0.290. The number of aliphatic hydroxyl groups excluding tert-OH is 1. The van der Waals surface area contributed by atoms with E-state index in [9.17, 15) is 8.42 Å². The molecule has 4 nitrogen and oxygen atoms in total. The molecule has 0 saturated heterocycles. The molecule has 0 bridgehead atoms. The van der Waals surface area contributed by atoms with E-state index in [1.807, 2.05) is 0 Å². The van der Waals surface area contributed by atoms with Crippen molar-refractivity contribution in [1.82, 2.24) is 4.72 Å². The number of aryl methyl sites for hydroxylation is 1. The van der Waals surface area contributed by atoms with Crippen LogP contribution < -0.4 is 4.72 Å². The molecule has 1 aliphatic carbocycles. The molecule has 0 unspecified atom stereocenters. The number of hydrogen-bond donors (Lipinski definition) is 2. The van der Waals surface area contributed by atoms with Gasteiger partial charge in [-0.15, -0.1) is 0 Å². The zero-order chi connectivity index (χ0) is 15.5. The van der Waals surface area contributed by atoms with Crippen molar-refractivity contribution < 1.29 is 13.5 Å². The van der Waals surface area contributed by atoms with E-state index in [0.29, 0.717) is 23.5 Å². The predicted molar refractivity (Wildman–Crippen MR) is 82.3 cm³/mol. The maximum Gasteiger partial charge on any atom is 0.241 e. The summed E-state index contributed by atoms with van der Waals surface area (Å²) < 4.78 is 27.7. The van der Waals surface area contributed by atoms with Gasteiger partial charge in [0.1, 0.15) is 0 Å². The van der Waals surface area contributed by atoms with Gasteiger partial charge >= 0.3 is 0 Å². The van der Waals surface area contributed by atoms with Crippen molar-refractivity contribution >= 4 is 10.0 Å². The minimum absolute atomic E-state index is 0.00539. The Kier molecular flexibility index (Phi) is 5.04. The van der Waals surface area contributed by atoms with Gasteiger partial charge in [0.25, 0.3) is 0 Å². The van der Waals surface area contributed by atoms with Gasteiger partial charge in [0, 0.05) is 18.0 Å². The molecule has 0 atom stereocenters. The number of aliphatic hydroxyl groups is 1. The number of hydrogen-bond acceptors (Lipinski definition) is 3. The van der Waals surface area contributed by atoms with E-state index < -0.39 is 10.0 Å². The molecule has 21 heavy (non-hydrogen) atoms. The lowest BCUT2D eigenvalue weighted by atomic mass is 9.83. The molecule has 0 heterocycles. The second kappa shape index (κ2) is 6.61. The molecule has 1 aromatic carbocycles. The summed E-state index contributed by atoms with van der Waals surface area (Å²) in [6.45, 7) is 3.90.